The minimum Gasteiger partial charge on any atom is -0.426 e. The van der Waals surface area contributed by atoms with Crippen LogP contribution in [-0.2, 0) is 11.2 Å². The summed E-state index contributed by atoms with van der Waals surface area (Å²) < 4.78 is 5.75. The predicted molar refractivity (Wildman–Crippen MR) is 138 cm³/mol. The topological polar surface area (TPSA) is 52.1 Å². The third-order valence-corrected chi connectivity index (χ3v) is 8.20. The van der Waals surface area contributed by atoms with E-state index in [0.717, 1.165) is 54.6 Å². The van der Waals surface area contributed by atoms with Gasteiger partial charge in [-0.3, -0.25) is 4.79 Å². The number of nitrogens with zero attached hydrogens (tertiary/aromatic N) is 2. The van der Waals surface area contributed by atoms with Gasteiger partial charge >= 0.3 is 5.97 Å². The molecule has 0 radical (unpaired) electrons. The molecule has 2 fully saturated rings. The van der Waals surface area contributed by atoms with E-state index in [9.17, 15) is 4.79 Å². The Bertz CT molecular complexity index is 877. The monoisotopic (exact) mass is 462 g/mol. The number of benzene rings is 1. The normalized spacial score (nSPS) is 25.1. The van der Waals surface area contributed by atoms with E-state index in [1.54, 1.807) is 0 Å². The molecule has 0 amide bonds. The summed E-state index contributed by atoms with van der Waals surface area (Å²) in [7, 11) is 0. The number of aryl methyl sites for hydroxylation is 1. The second-order valence-electron chi connectivity index (χ2n) is 10.6. The Morgan fingerprint density at radius 3 is 2.06 bits per heavy atom. The second-order valence-corrected chi connectivity index (χ2v) is 10.6. The van der Waals surface area contributed by atoms with Crippen LogP contribution >= 0.6 is 0 Å². The highest BCUT2D eigenvalue weighted by atomic mass is 16.5. The highest BCUT2D eigenvalue weighted by molar-refractivity contribution is 5.75. The van der Waals surface area contributed by atoms with E-state index < -0.39 is 0 Å². The van der Waals surface area contributed by atoms with E-state index in [4.69, 9.17) is 4.74 Å². The Hall–Kier alpha value is -2.23. The number of rotatable bonds is 9. The summed E-state index contributed by atoms with van der Waals surface area (Å²) >= 11 is 0. The fourth-order valence-corrected chi connectivity index (χ4v) is 6.06. The van der Waals surface area contributed by atoms with Gasteiger partial charge in [0.15, 0.2) is 5.82 Å². The molecule has 0 aliphatic heterocycles. The Kier molecular flexibility index (Phi) is 9.12. The van der Waals surface area contributed by atoms with E-state index >= 15 is 0 Å². The van der Waals surface area contributed by atoms with Gasteiger partial charge in [0.1, 0.15) is 5.75 Å². The SMILES string of the molecule is CCCCC1CCC(C2CCC(C(=O)Oc3ccc(-c4ncc(CCC)cn4)cc3)CC2)CC1. The quantitative estimate of drug-likeness (QED) is 0.282. The molecule has 2 saturated carbocycles. The molecule has 4 nitrogen and oxygen atoms in total. The molecule has 1 heterocycles. The van der Waals surface area contributed by atoms with Gasteiger partial charge in [-0.05, 0) is 92.5 Å². The lowest BCUT2D eigenvalue weighted by atomic mass is 9.68. The third kappa shape index (κ3) is 6.67. The molecule has 184 valence electrons. The van der Waals surface area contributed by atoms with Crippen LogP contribution in [0.3, 0.4) is 0 Å². The zero-order chi connectivity index (χ0) is 23.8. The van der Waals surface area contributed by atoms with Gasteiger partial charge < -0.3 is 4.74 Å². The molecule has 1 aromatic heterocycles. The number of unbranched alkanes of at least 4 members (excludes halogenated alkanes) is 1. The van der Waals surface area contributed by atoms with Gasteiger partial charge in [0.2, 0.25) is 0 Å². The number of aromatic nitrogens is 2. The predicted octanol–water partition coefficient (Wildman–Crippen LogP) is 7.80. The molecule has 0 N–H and O–H groups in total. The maximum Gasteiger partial charge on any atom is 0.314 e. The summed E-state index contributed by atoms with van der Waals surface area (Å²) in [5, 5.41) is 0. The number of carbonyl (C=O) groups is 1. The van der Waals surface area contributed by atoms with Gasteiger partial charge in [-0.25, -0.2) is 9.97 Å². The highest BCUT2D eigenvalue weighted by Gasteiger charge is 2.33. The summed E-state index contributed by atoms with van der Waals surface area (Å²) in [4.78, 5) is 21.8. The molecule has 2 aromatic rings. The Morgan fingerprint density at radius 1 is 0.853 bits per heavy atom. The van der Waals surface area contributed by atoms with Crippen LogP contribution < -0.4 is 4.74 Å². The number of ether oxygens (including phenoxy) is 1. The molecule has 4 heteroatoms. The van der Waals surface area contributed by atoms with Crippen LogP contribution in [0.1, 0.15) is 96.5 Å². The van der Waals surface area contributed by atoms with Crippen molar-refractivity contribution >= 4 is 5.97 Å². The summed E-state index contributed by atoms with van der Waals surface area (Å²) in [5.41, 5.74) is 2.10. The van der Waals surface area contributed by atoms with Gasteiger partial charge in [-0.1, -0.05) is 52.4 Å². The number of carbonyl (C=O) groups excluding carboxylic acids is 1. The Balaban J connectivity index is 1.22. The smallest absolute Gasteiger partial charge is 0.314 e. The minimum absolute atomic E-state index is 0.0475. The molecule has 0 unspecified atom stereocenters. The van der Waals surface area contributed by atoms with Crippen molar-refractivity contribution in [2.75, 3.05) is 0 Å². The van der Waals surface area contributed by atoms with Crippen molar-refractivity contribution in [1.29, 1.82) is 0 Å². The third-order valence-electron chi connectivity index (χ3n) is 8.20. The lowest BCUT2D eigenvalue weighted by Gasteiger charge is -2.37. The van der Waals surface area contributed by atoms with Crippen molar-refractivity contribution in [1.82, 2.24) is 9.97 Å². The van der Waals surface area contributed by atoms with E-state index in [-0.39, 0.29) is 11.9 Å². The van der Waals surface area contributed by atoms with Crippen LogP contribution in [-0.4, -0.2) is 15.9 Å². The molecule has 0 bridgehead atoms. The molecule has 0 saturated heterocycles. The van der Waals surface area contributed by atoms with E-state index in [2.05, 4.69) is 23.8 Å². The van der Waals surface area contributed by atoms with Crippen molar-refractivity contribution < 1.29 is 9.53 Å². The summed E-state index contributed by atoms with van der Waals surface area (Å²) in [6.07, 6.45) is 20.0. The lowest BCUT2D eigenvalue weighted by Crippen LogP contribution is -2.30. The zero-order valence-electron chi connectivity index (χ0n) is 21.2. The van der Waals surface area contributed by atoms with E-state index in [0.29, 0.717) is 11.6 Å². The zero-order valence-corrected chi connectivity index (χ0v) is 21.2. The molecule has 2 aliphatic carbocycles. The summed E-state index contributed by atoms with van der Waals surface area (Å²) in [6.45, 7) is 4.45. The Morgan fingerprint density at radius 2 is 1.47 bits per heavy atom. The molecule has 1 aromatic carbocycles. The van der Waals surface area contributed by atoms with Crippen molar-refractivity contribution in [2.45, 2.75) is 97.3 Å². The maximum absolute atomic E-state index is 12.8. The highest BCUT2D eigenvalue weighted by Crippen LogP contribution is 2.42. The van der Waals surface area contributed by atoms with Crippen LogP contribution in [0.5, 0.6) is 5.75 Å². The fourth-order valence-electron chi connectivity index (χ4n) is 6.06. The van der Waals surface area contributed by atoms with E-state index in [1.165, 1.54) is 57.8 Å². The van der Waals surface area contributed by atoms with Crippen molar-refractivity contribution in [3.8, 4) is 17.1 Å². The number of hydrogen-bond acceptors (Lipinski definition) is 4. The fraction of sp³-hybridized carbons (Fsp3) is 0.633. The minimum atomic E-state index is -0.0605. The van der Waals surface area contributed by atoms with Crippen molar-refractivity contribution in [3.63, 3.8) is 0 Å². The first-order valence-corrected chi connectivity index (χ1v) is 13.8. The molecule has 34 heavy (non-hydrogen) atoms. The molecular formula is C30H42N2O2. The molecule has 2 aliphatic rings. The van der Waals surface area contributed by atoms with E-state index in [1.807, 2.05) is 36.7 Å². The van der Waals surface area contributed by atoms with Crippen LogP contribution in [0, 0.1) is 23.7 Å². The maximum atomic E-state index is 12.8. The average molecular weight is 463 g/mol. The first-order valence-electron chi connectivity index (χ1n) is 13.8. The summed E-state index contributed by atoms with van der Waals surface area (Å²) in [5.74, 6) is 3.99. The van der Waals surface area contributed by atoms with Crippen LogP contribution in [0.25, 0.3) is 11.4 Å². The van der Waals surface area contributed by atoms with Crippen LogP contribution in [0.15, 0.2) is 36.7 Å². The second kappa shape index (κ2) is 12.5. The van der Waals surface area contributed by atoms with Crippen LogP contribution in [0.2, 0.25) is 0 Å². The van der Waals surface area contributed by atoms with Crippen LogP contribution in [0.4, 0.5) is 0 Å². The lowest BCUT2D eigenvalue weighted by molar-refractivity contribution is -0.140. The van der Waals surface area contributed by atoms with Crippen molar-refractivity contribution in [3.05, 3.63) is 42.2 Å². The van der Waals surface area contributed by atoms with Gasteiger partial charge in [0.05, 0.1) is 5.92 Å². The Labute approximate surface area is 205 Å². The average Bonchev–Trinajstić information content (AvgIpc) is 2.89. The standard InChI is InChI=1S/C30H42N2O2/c1-3-5-7-22-8-10-24(11-9-22)25-12-14-27(15-13-25)30(33)34-28-18-16-26(17-19-28)29-31-20-23(6-4-2)21-32-29/h16-22,24-25,27H,3-15H2,1-2H3. The molecule has 0 spiro atoms. The number of esters is 1. The number of hydrogen-bond donors (Lipinski definition) is 0. The summed E-state index contributed by atoms with van der Waals surface area (Å²) in [6, 6.07) is 7.59. The molecular weight excluding hydrogens is 420 g/mol. The first kappa shape index (κ1) is 24.9. The van der Waals surface area contributed by atoms with Gasteiger partial charge in [0.25, 0.3) is 0 Å². The van der Waals surface area contributed by atoms with Gasteiger partial charge in [-0.15, -0.1) is 0 Å². The largest absolute Gasteiger partial charge is 0.426 e. The van der Waals surface area contributed by atoms with Gasteiger partial charge in [0, 0.05) is 18.0 Å². The van der Waals surface area contributed by atoms with Gasteiger partial charge in [-0.2, -0.15) is 0 Å². The van der Waals surface area contributed by atoms with Crippen molar-refractivity contribution in [2.24, 2.45) is 23.7 Å². The molecule has 4 rings (SSSR count). The first-order chi connectivity index (χ1) is 16.7. The molecule has 0 atom stereocenters.